The molecule has 6 nitrogen and oxygen atoms in total. The van der Waals surface area contributed by atoms with E-state index in [9.17, 15) is 9.59 Å². The third kappa shape index (κ3) is 2.79. The zero-order valence-electron chi connectivity index (χ0n) is 11.3. The summed E-state index contributed by atoms with van der Waals surface area (Å²) in [7, 11) is 0. The highest BCUT2D eigenvalue weighted by atomic mass is 79.9. The van der Waals surface area contributed by atoms with Gasteiger partial charge in [-0.05, 0) is 30.5 Å². The van der Waals surface area contributed by atoms with Crippen LogP contribution in [0.5, 0.6) is 0 Å². The Morgan fingerprint density at radius 3 is 2.76 bits per heavy atom. The summed E-state index contributed by atoms with van der Waals surface area (Å²) in [5, 5.41) is 0. The normalized spacial score (nSPS) is 14.2. The number of carbonyl (C=O) groups is 1. The second-order valence-corrected chi connectivity index (χ2v) is 5.98. The van der Waals surface area contributed by atoms with Gasteiger partial charge in [0.1, 0.15) is 0 Å². The number of carbonyl (C=O) groups excluding carboxylic acids is 1. The maximum Gasteiger partial charge on any atom is 0.328 e. The van der Waals surface area contributed by atoms with E-state index in [4.69, 9.17) is 5.84 Å². The van der Waals surface area contributed by atoms with Crippen molar-refractivity contribution in [1.82, 2.24) is 14.6 Å². The summed E-state index contributed by atoms with van der Waals surface area (Å²) in [6.45, 7) is 0.462. The molecule has 1 saturated carbocycles. The summed E-state index contributed by atoms with van der Waals surface area (Å²) in [5.41, 5.74) is 3.50. The van der Waals surface area contributed by atoms with Gasteiger partial charge < -0.3 is 0 Å². The summed E-state index contributed by atoms with van der Waals surface area (Å²) < 4.78 is 4.22. The first kappa shape index (κ1) is 14.1. The van der Waals surface area contributed by atoms with Crippen molar-refractivity contribution in [2.45, 2.75) is 25.4 Å². The third-order valence-corrected chi connectivity index (χ3v) is 4.34. The molecule has 0 radical (unpaired) electrons. The fraction of sp³-hybridized carbons (Fsp3) is 0.286. The van der Waals surface area contributed by atoms with Gasteiger partial charge in [-0.2, -0.15) is 0 Å². The maximum atomic E-state index is 12.2. The molecule has 0 aliphatic heterocycles. The maximum absolute atomic E-state index is 12.2. The lowest BCUT2D eigenvalue weighted by atomic mass is 10.1. The average Bonchev–Trinajstić information content (AvgIpc) is 3.26. The van der Waals surface area contributed by atoms with Crippen molar-refractivity contribution in [3.05, 3.63) is 56.7 Å². The van der Waals surface area contributed by atoms with Crippen molar-refractivity contribution < 1.29 is 4.79 Å². The van der Waals surface area contributed by atoms with E-state index in [2.05, 4.69) is 21.4 Å². The third-order valence-electron chi connectivity index (χ3n) is 3.60. The van der Waals surface area contributed by atoms with Crippen LogP contribution in [0.3, 0.4) is 0 Å². The molecule has 1 aliphatic rings. The van der Waals surface area contributed by atoms with Gasteiger partial charge in [0.25, 0.3) is 5.91 Å². The summed E-state index contributed by atoms with van der Waals surface area (Å²) >= 11 is 3.43. The van der Waals surface area contributed by atoms with Crippen LogP contribution in [0.2, 0.25) is 0 Å². The Morgan fingerprint density at radius 2 is 2.14 bits per heavy atom. The van der Waals surface area contributed by atoms with Crippen LogP contribution in [-0.2, 0) is 6.54 Å². The molecule has 1 amide bonds. The largest absolute Gasteiger partial charge is 0.328 e. The molecule has 0 atom stereocenters. The van der Waals surface area contributed by atoms with Crippen molar-refractivity contribution in [1.29, 1.82) is 0 Å². The molecular formula is C14H15BrN4O2. The zero-order chi connectivity index (χ0) is 15.0. The molecule has 0 spiro atoms. The highest BCUT2D eigenvalue weighted by Gasteiger charge is 2.25. The molecule has 7 heteroatoms. The molecule has 110 valence electrons. The Balaban J connectivity index is 1.85. The first-order chi connectivity index (χ1) is 10.1. The Bertz CT molecular complexity index is 746. The number of amides is 1. The van der Waals surface area contributed by atoms with E-state index in [-0.39, 0.29) is 11.6 Å². The van der Waals surface area contributed by atoms with Crippen molar-refractivity contribution in [2.75, 3.05) is 0 Å². The smallest absolute Gasteiger partial charge is 0.296 e. The minimum Gasteiger partial charge on any atom is -0.296 e. The van der Waals surface area contributed by atoms with Crippen LogP contribution in [0.25, 0.3) is 0 Å². The van der Waals surface area contributed by atoms with Crippen LogP contribution in [0.1, 0.15) is 34.8 Å². The number of halogens is 1. The van der Waals surface area contributed by atoms with E-state index in [1.165, 1.54) is 0 Å². The number of imidazole rings is 1. The minimum atomic E-state index is -0.348. The minimum absolute atomic E-state index is 0.00757. The predicted octanol–water partition coefficient (Wildman–Crippen LogP) is 1.40. The zero-order valence-corrected chi connectivity index (χ0v) is 12.8. The molecule has 3 rings (SSSR count). The fourth-order valence-electron chi connectivity index (χ4n) is 2.26. The van der Waals surface area contributed by atoms with Crippen molar-refractivity contribution in [2.24, 2.45) is 5.84 Å². The lowest BCUT2D eigenvalue weighted by Gasteiger charge is -2.07. The van der Waals surface area contributed by atoms with Crippen LogP contribution in [0.15, 0.2) is 39.9 Å². The molecule has 0 saturated heterocycles. The van der Waals surface area contributed by atoms with Gasteiger partial charge in [0.05, 0.1) is 6.54 Å². The van der Waals surface area contributed by atoms with Crippen molar-refractivity contribution in [3.8, 4) is 0 Å². The second-order valence-electron chi connectivity index (χ2n) is 5.13. The summed E-state index contributed by atoms with van der Waals surface area (Å²) in [5.74, 6) is 4.76. The Hall–Kier alpha value is -1.86. The predicted molar refractivity (Wildman–Crippen MR) is 81.9 cm³/mol. The monoisotopic (exact) mass is 350 g/mol. The van der Waals surface area contributed by atoms with Gasteiger partial charge in [-0.1, -0.05) is 22.0 Å². The van der Waals surface area contributed by atoms with Gasteiger partial charge in [0, 0.05) is 28.5 Å². The van der Waals surface area contributed by atoms with Crippen LogP contribution in [0.4, 0.5) is 0 Å². The Kier molecular flexibility index (Phi) is 3.69. The number of nitrogens with one attached hydrogen (secondary N) is 1. The number of nitrogen functional groups attached to an aromatic ring is 1. The van der Waals surface area contributed by atoms with Crippen LogP contribution < -0.4 is 17.0 Å². The number of benzene rings is 1. The summed E-state index contributed by atoms with van der Waals surface area (Å²) in [6.07, 6.45) is 5.80. The molecule has 1 heterocycles. The molecule has 1 aliphatic carbocycles. The number of nitrogens with zero attached hydrogens (tertiary/aromatic N) is 2. The van der Waals surface area contributed by atoms with E-state index >= 15 is 0 Å². The lowest BCUT2D eigenvalue weighted by molar-refractivity contribution is 0.0953. The van der Waals surface area contributed by atoms with E-state index in [1.807, 2.05) is 12.3 Å². The van der Waals surface area contributed by atoms with E-state index < -0.39 is 0 Å². The van der Waals surface area contributed by atoms with Gasteiger partial charge in [0.2, 0.25) is 0 Å². The van der Waals surface area contributed by atoms with Crippen LogP contribution in [-0.4, -0.2) is 15.0 Å². The molecule has 21 heavy (non-hydrogen) atoms. The topological polar surface area (TPSA) is 82.0 Å². The van der Waals surface area contributed by atoms with Gasteiger partial charge in [-0.15, -0.1) is 0 Å². The van der Waals surface area contributed by atoms with E-state index in [1.54, 1.807) is 27.5 Å². The average molecular weight is 351 g/mol. The molecule has 1 aromatic carbocycles. The highest BCUT2D eigenvalue weighted by molar-refractivity contribution is 9.10. The number of hydrogen-bond donors (Lipinski definition) is 2. The van der Waals surface area contributed by atoms with Gasteiger partial charge >= 0.3 is 5.69 Å². The lowest BCUT2D eigenvalue weighted by Crippen LogP contribution is -2.30. The SMILES string of the molecule is NNC(=O)c1ccc(Cn2ccn(C3CC3)c2=O)c(Br)c1. The highest BCUT2D eigenvalue weighted by Crippen LogP contribution is 2.33. The summed E-state index contributed by atoms with van der Waals surface area (Å²) in [4.78, 5) is 23.7. The van der Waals surface area contributed by atoms with Crippen molar-refractivity contribution in [3.63, 3.8) is 0 Å². The van der Waals surface area contributed by atoms with Gasteiger partial charge in [-0.3, -0.25) is 19.4 Å². The van der Waals surface area contributed by atoms with E-state index in [0.29, 0.717) is 18.2 Å². The first-order valence-corrected chi connectivity index (χ1v) is 7.46. The number of hydrogen-bond acceptors (Lipinski definition) is 3. The molecule has 1 aromatic heterocycles. The second kappa shape index (κ2) is 5.50. The first-order valence-electron chi connectivity index (χ1n) is 6.67. The number of aromatic nitrogens is 2. The summed E-state index contributed by atoms with van der Waals surface area (Å²) in [6, 6.07) is 5.57. The number of nitrogens with two attached hydrogens (primary N) is 1. The number of hydrazine groups is 1. The quantitative estimate of drug-likeness (QED) is 0.496. The Morgan fingerprint density at radius 1 is 1.38 bits per heavy atom. The van der Waals surface area contributed by atoms with Gasteiger partial charge in [-0.25, -0.2) is 10.6 Å². The molecular weight excluding hydrogens is 336 g/mol. The van der Waals surface area contributed by atoms with Crippen molar-refractivity contribution >= 4 is 21.8 Å². The standard InChI is InChI=1S/C14H15BrN4O2/c15-12-7-9(13(20)17-16)1-2-10(12)8-18-5-6-19(14(18)21)11-3-4-11/h1-2,5-7,11H,3-4,8,16H2,(H,17,20). The van der Waals surface area contributed by atoms with E-state index in [0.717, 1.165) is 22.9 Å². The van der Waals surface area contributed by atoms with Gasteiger partial charge in [0.15, 0.2) is 0 Å². The molecule has 0 bridgehead atoms. The molecule has 0 unspecified atom stereocenters. The van der Waals surface area contributed by atoms with Crippen LogP contribution >= 0.6 is 15.9 Å². The molecule has 3 N–H and O–H groups in total. The number of rotatable bonds is 4. The molecule has 2 aromatic rings. The Labute approximate surface area is 129 Å². The fourth-order valence-corrected chi connectivity index (χ4v) is 2.77. The molecule has 1 fully saturated rings. The van der Waals surface area contributed by atoms with Crippen LogP contribution in [0, 0.1) is 0 Å².